The van der Waals surface area contributed by atoms with Gasteiger partial charge in [0.25, 0.3) is 5.91 Å². The molecule has 1 amide bonds. The SMILES string of the molecule is COc1ccccc1C1=NC(=Cc2ccc(OCC(N)=O)cc2)C(=O)O1. The molecule has 0 spiro atoms. The number of hydrogen-bond donors (Lipinski definition) is 1. The maximum absolute atomic E-state index is 12.1. The Bertz CT molecular complexity index is 900. The average Bonchev–Trinajstić information content (AvgIpc) is 3.01. The van der Waals surface area contributed by atoms with Crippen LogP contribution in [-0.2, 0) is 14.3 Å². The molecule has 1 aliphatic rings. The second-order valence-electron chi connectivity index (χ2n) is 5.36. The van der Waals surface area contributed by atoms with Gasteiger partial charge >= 0.3 is 5.97 Å². The summed E-state index contributed by atoms with van der Waals surface area (Å²) >= 11 is 0. The molecule has 2 aromatic carbocycles. The van der Waals surface area contributed by atoms with Gasteiger partial charge in [0.05, 0.1) is 12.7 Å². The highest BCUT2D eigenvalue weighted by atomic mass is 16.6. The van der Waals surface area contributed by atoms with Gasteiger partial charge in [-0.05, 0) is 35.9 Å². The number of ether oxygens (including phenoxy) is 3. The minimum atomic E-state index is -0.553. The third-order valence-electron chi connectivity index (χ3n) is 3.52. The number of rotatable bonds is 6. The zero-order chi connectivity index (χ0) is 18.5. The number of aliphatic imine (C=N–C) groups is 1. The number of nitrogens with two attached hydrogens (primary N) is 1. The summed E-state index contributed by atoms with van der Waals surface area (Å²) in [6.07, 6.45) is 1.60. The van der Waals surface area contributed by atoms with Crippen molar-refractivity contribution in [2.24, 2.45) is 10.7 Å². The van der Waals surface area contributed by atoms with Crippen molar-refractivity contribution in [2.75, 3.05) is 13.7 Å². The van der Waals surface area contributed by atoms with Crippen molar-refractivity contribution in [3.05, 3.63) is 65.4 Å². The Kier molecular flexibility index (Phi) is 4.98. The second-order valence-corrected chi connectivity index (χ2v) is 5.36. The van der Waals surface area contributed by atoms with Gasteiger partial charge in [0.1, 0.15) is 11.5 Å². The molecular formula is C19H16N2O5. The summed E-state index contributed by atoms with van der Waals surface area (Å²) in [5, 5.41) is 0. The highest BCUT2D eigenvalue weighted by Gasteiger charge is 2.26. The molecule has 132 valence electrons. The minimum absolute atomic E-state index is 0.178. The number of methoxy groups -OCH3 is 1. The summed E-state index contributed by atoms with van der Waals surface area (Å²) in [4.78, 5) is 27.1. The van der Waals surface area contributed by atoms with Crippen LogP contribution < -0.4 is 15.2 Å². The second kappa shape index (κ2) is 7.52. The van der Waals surface area contributed by atoms with Gasteiger partial charge < -0.3 is 19.9 Å². The number of carbonyl (C=O) groups excluding carboxylic acids is 2. The van der Waals surface area contributed by atoms with Crippen LogP contribution in [0.1, 0.15) is 11.1 Å². The molecule has 1 heterocycles. The maximum atomic E-state index is 12.1. The standard InChI is InChI=1S/C19H16N2O5/c1-24-16-5-3-2-4-14(16)18-21-15(19(23)26-18)10-12-6-8-13(9-7-12)25-11-17(20)22/h2-10H,11H2,1H3,(H2,20,22). The molecule has 2 aromatic rings. The van der Waals surface area contributed by atoms with Crippen molar-refractivity contribution >= 4 is 23.9 Å². The minimum Gasteiger partial charge on any atom is -0.496 e. The van der Waals surface area contributed by atoms with Gasteiger partial charge in [0.2, 0.25) is 5.90 Å². The highest BCUT2D eigenvalue weighted by Crippen LogP contribution is 2.25. The van der Waals surface area contributed by atoms with E-state index in [1.165, 1.54) is 7.11 Å². The third kappa shape index (κ3) is 3.89. The molecule has 0 fully saturated rings. The number of esters is 1. The van der Waals surface area contributed by atoms with Gasteiger partial charge in [-0.25, -0.2) is 9.79 Å². The van der Waals surface area contributed by atoms with E-state index >= 15 is 0 Å². The number of nitrogens with zero attached hydrogens (tertiary/aromatic N) is 1. The summed E-state index contributed by atoms with van der Waals surface area (Å²) in [5.41, 5.74) is 6.53. The fourth-order valence-corrected chi connectivity index (χ4v) is 2.32. The summed E-state index contributed by atoms with van der Waals surface area (Å²) < 4.78 is 15.7. The molecule has 0 unspecified atom stereocenters. The number of amides is 1. The van der Waals surface area contributed by atoms with E-state index in [-0.39, 0.29) is 18.2 Å². The molecule has 26 heavy (non-hydrogen) atoms. The normalized spacial score (nSPS) is 14.7. The van der Waals surface area contributed by atoms with E-state index in [2.05, 4.69) is 4.99 Å². The molecule has 0 aliphatic carbocycles. The Morgan fingerprint density at radius 2 is 1.92 bits per heavy atom. The Labute approximate surface area is 149 Å². The van der Waals surface area contributed by atoms with Crippen LogP contribution in [0.15, 0.2) is 59.2 Å². The van der Waals surface area contributed by atoms with Gasteiger partial charge in [0.15, 0.2) is 12.3 Å². The Morgan fingerprint density at radius 1 is 1.19 bits per heavy atom. The molecule has 3 rings (SSSR count). The quantitative estimate of drug-likeness (QED) is 0.632. The van der Waals surface area contributed by atoms with Crippen LogP contribution in [0.4, 0.5) is 0 Å². The van der Waals surface area contributed by atoms with Crippen LogP contribution in [0.5, 0.6) is 11.5 Å². The van der Waals surface area contributed by atoms with Gasteiger partial charge in [-0.2, -0.15) is 0 Å². The van der Waals surface area contributed by atoms with Crippen LogP contribution in [0.25, 0.3) is 6.08 Å². The lowest BCUT2D eigenvalue weighted by atomic mass is 10.2. The summed E-state index contributed by atoms with van der Waals surface area (Å²) in [5.74, 6) is 0.164. The van der Waals surface area contributed by atoms with Gasteiger partial charge in [-0.3, -0.25) is 4.79 Å². The monoisotopic (exact) mass is 352 g/mol. The number of para-hydroxylation sites is 1. The molecule has 0 radical (unpaired) electrons. The van der Waals surface area contributed by atoms with Gasteiger partial charge in [-0.1, -0.05) is 24.3 Å². The van der Waals surface area contributed by atoms with Crippen molar-refractivity contribution in [2.45, 2.75) is 0 Å². The van der Waals surface area contributed by atoms with E-state index in [0.29, 0.717) is 17.1 Å². The molecule has 2 N–H and O–H groups in total. The highest BCUT2D eigenvalue weighted by molar-refractivity contribution is 6.13. The van der Waals surface area contributed by atoms with E-state index in [1.54, 1.807) is 48.5 Å². The third-order valence-corrected chi connectivity index (χ3v) is 3.52. The summed E-state index contributed by atoms with van der Waals surface area (Å²) in [7, 11) is 1.54. The summed E-state index contributed by atoms with van der Waals surface area (Å²) in [6.45, 7) is -0.195. The van der Waals surface area contributed by atoms with Gasteiger partial charge in [0, 0.05) is 0 Å². The van der Waals surface area contributed by atoms with E-state index in [9.17, 15) is 9.59 Å². The number of hydrogen-bond acceptors (Lipinski definition) is 6. The molecule has 0 saturated heterocycles. The van der Waals surface area contributed by atoms with E-state index in [4.69, 9.17) is 19.9 Å². The fraction of sp³-hybridized carbons (Fsp3) is 0.105. The van der Waals surface area contributed by atoms with Crippen molar-refractivity contribution in [1.29, 1.82) is 0 Å². The molecule has 0 saturated carbocycles. The smallest absolute Gasteiger partial charge is 0.363 e. The van der Waals surface area contributed by atoms with E-state index < -0.39 is 11.9 Å². The number of cyclic esters (lactones) is 1. The Morgan fingerprint density at radius 3 is 2.62 bits per heavy atom. The van der Waals surface area contributed by atoms with Crippen LogP contribution >= 0.6 is 0 Å². The van der Waals surface area contributed by atoms with Crippen molar-refractivity contribution < 1.29 is 23.8 Å². The zero-order valence-electron chi connectivity index (χ0n) is 14.0. The fourth-order valence-electron chi connectivity index (χ4n) is 2.32. The largest absolute Gasteiger partial charge is 0.496 e. The van der Waals surface area contributed by atoms with Crippen LogP contribution in [0.2, 0.25) is 0 Å². The Balaban J connectivity index is 1.81. The average molecular weight is 352 g/mol. The van der Waals surface area contributed by atoms with Gasteiger partial charge in [-0.15, -0.1) is 0 Å². The summed E-state index contributed by atoms with van der Waals surface area (Å²) in [6, 6.07) is 13.9. The molecule has 7 nitrogen and oxygen atoms in total. The lowest BCUT2D eigenvalue weighted by Crippen LogP contribution is -2.19. The number of primary amides is 1. The first-order valence-electron chi connectivity index (χ1n) is 7.74. The lowest BCUT2D eigenvalue weighted by Gasteiger charge is -2.05. The van der Waals surface area contributed by atoms with Crippen molar-refractivity contribution in [3.63, 3.8) is 0 Å². The molecule has 0 atom stereocenters. The molecule has 7 heteroatoms. The molecular weight excluding hydrogens is 336 g/mol. The first-order valence-corrected chi connectivity index (χ1v) is 7.74. The van der Waals surface area contributed by atoms with Crippen molar-refractivity contribution in [3.8, 4) is 11.5 Å². The predicted octanol–water partition coefficient (Wildman–Crippen LogP) is 1.90. The van der Waals surface area contributed by atoms with E-state index in [1.807, 2.05) is 6.07 Å². The predicted molar refractivity (Wildman–Crippen MR) is 94.7 cm³/mol. The van der Waals surface area contributed by atoms with Crippen LogP contribution in [-0.4, -0.2) is 31.5 Å². The maximum Gasteiger partial charge on any atom is 0.363 e. The molecule has 0 bridgehead atoms. The zero-order valence-corrected chi connectivity index (χ0v) is 14.0. The van der Waals surface area contributed by atoms with Crippen LogP contribution in [0.3, 0.4) is 0 Å². The Hall–Kier alpha value is -3.61. The number of carbonyl (C=O) groups is 2. The molecule has 0 aromatic heterocycles. The number of benzene rings is 2. The van der Waals surface area contributed by atoms with E-state index in [0.717, 1.165) is 5.56 Å². The first kappa shape index (κ1) is 17.2. The van der Waals surface area contributed by atoms with Crippen molar-refractivity contribution in [1.82, 2.24) is 0 Å². The van der Waals surface area contributed by atoms with Crippen LogP contribution in [0, 0.1) is 0 Å². The topological polar surface area (TPSA) is 100 Å². The molecule has 1 aliphatic heterocycles. The first-order chi connectivity index (χ1) is 12.6. The lowest BCUT2D eigenvalue weighted by molar-refractivity contribution is -0.130.